The number of carboxylic acid groups (broad SMARTS) is 1. The van der Waals surface area contributed by atoms with Crippen molar-refractivity contribution in [1.29, 1.82) is 0 Å². The Labute approximate surface area is 182 Å². The molecule has 1 aromatic rings. The molecule has 178 valence electrons. The molecule has 3 atom stereocenters. The number of ether oxygens (including phenoxy) is 1. The van der Waals surface area contributed by atoms with Gasteiger partial charge in [-0.2, -0.15) is 13.2 Å². The third-order valence-electron chi connectivity index (χ3n) is 5.69. The number of nitrogens with one attached hydrogen (secondary N) is 1. The Morgan fingerprint density at radius 3 is 2.59 bits per heavy atom. The number of aliphatic carboxylic acids is 1. The fourth-order valence-corrected chi connectivity index (χ4v) is 4.02. The van der Waals surface area contributed by atoms with Gasteiger partial charge in [0.05, 0.1) is 19.3 Å². The number of carbonyl (C=O) groups is 3. The number of H-pyrrole nitrogens is 1. The first-order valence-corrected chi connectivity index (χ1v) is 10.4. The molecule has 3 fully saturated rings. The van der Waals surface area contributed by atoms with E-state index in [0.29, 0.717) is 32.0 Å². The standard InChI is InChI=1S/C18H25N3O4.C2HF3O2/c22-17(5-4-14-3-1-7-19-14)20-9-6-13-11-15(25-16(13)12-20)18(23)21-8-2-10-24-21;3-2(4,5)1(6)7/h1,3,7,13,15-16,19H,2,4-6,8-12H2;(H,6,7)/t13-,15+,16+;/m0./s1. The molecule has 3 saturated heterocycles. The number of piperidine rings is 1. The van der Waals surface area contributed by atoms with Crippen molar-refractivity contribution in [2.24, 2.45) is 5.92 Å². The largest absolute Gasteiger partial charge is 0.490 e. The number of fused-ring (bicyclic) bond motifs is 1. The Bertz CT molecular complexity index is 795. The second kappa shape index (κ2) is 10.3. The lowest BCUT2D eigenvalue weighted by Crippen LogP contribution is -2.45. The van der Waals surface area contributed by atoms with Gasteiger partial charge in [-0.05, 0) is 43.7 Å². The Morgan fingerprint density at radius 1 is 1.25 bits per heavy atom. The summed E-state index contributed by atoms with van der Waals surface area (Å²) in [7, 11) is 0. The van der Waals surface area contributed by atoms with Crippen LogP contribution in [0.15, 0.2) is 18.3 Å². The summed E-state index contributed by atoms with van der Waals surface area (Å²) in [6.07, 6.45) is 0.110. The molecule has 1 aromatic heterocycles. The summed E-state index contributed by atoms with van der Waals surface area (Å²) in [6, 6.07) is 3.94. The molecule has 2 amide bonds. The zero-order valence-corrected chi connectivity index (χ0v) is 17.3. The van der Waals surface area contributed by atoms with Crippen LogP contribution in [0.1, 0.15) is 31.4 Å². The first-order chi connectivity index (χ1) is 15.1. The Hall–Kier alpha value is -2.60. The normalized spacial score (nSPS) is 25.2. The smallest absolute Gasteiger partial charge is 0.475 e. The van der Waals surface area contributed by atoms with Gasteiger partial charge >= 0.3 is 12.1 Å². The van der Waals surface area contributed by atoms with Crippen LogP contribution < -0.4 is 0 Å². The van der Waals surface area contributed by atoms with Gasteiger partial charge in [0.25, 0.3) is 5.91 Å². The van der Waals surface area contributed by atoms with Crippen molar-refractivity contribution in [3.05, 3.63) is 24.0 Å². The number of aromatic nitrogens is 1. The maximum absolute atomic E-state index is 12.5. The van der Waals surface area contributed by atoms with Gasteiger partial charge in [0.2, 0.25) is 5.91 Å². The number of rotatable bonds is 4. The van der Waals surface area contributed by atoms with Crippen LogP contribution in [0.4, 0.5) is 13.2 Å². The zero-order valence-electron chi connectivity index (χ0n) is 17.3. The van der Waals surface area contributed by atoms with Crippen molar-refractivity contribution in [2.45, 2.75) is 50.5 Å². The summed E-state index contributed by atoms with van der Waals surface area (Å²) < 4.78 is 37.7. The monoisotopic (exact) mass is 461 g/mol. The summed E-state index contributed by atoms with van der Waals surface area (Å²) in [6.45, 7) is 2.61. The number of carboxylic acids is 1. The molecule has 4 rings (SSSR count). The van der Waals surface area contributed by atoms with Gasteiger partial charge in [-0.3, -0.25) is 14.4 Å². The third kappa shape index (κ3) is 6.22. The molecule has 0 aromatic carbocycles. The average Bonchev–Trinajstić information content (AvgIpc) is 3.52. The van der Waals surface area contributed by atoms with Crippen molar-refractivity contribution < 1.29 is 42.2 Å². The van der Waals surface area contributed by atoms with Gasteiger partial charge in [0.15, 0.2) is 0 Å². The van der Waals surface area contributed by atoms with Crippen molar-refractivity contribution in [3.8, 4) is 0 Å². The molecule has 9 nitrogen and oxygen atoms in total. The predicted molar refractivity (Wildman–Crippen MR) is 103 cm³/mol. The van der Waals surface area contributed by atoms with E-state index in [1.54, 1.807) is 0 Å². The van der Waals surface area contributed by atoms with Gasteiger partial charge in [-0.25, -0.2) is 9.86 Å². The van der Waals surface area contributed by atoms with Crippen LogP contribution in [0.2, 0.25) is 0 Å². The molecule has 0 unspecified atom stereocenters. The SMILES string of the molecule is O=C(CCc1ccc[nH]1)N1CC[C@H]2C[C@H](C(=O)N3CCCO3)O[C@@H]2C1.O=C(O)C(F)(F)F. The number of likely N-dealkylation sites (tertiary alicyclic amines) is 1. The molecule has 0 spiro atoms. The van der Waals surface area contributed by atoms with Crippen LogP contribution in [-0.2, 0) is 30.4 Å². The number of aryl methyl sites for hydroxylation is 1. The minimum Gasteiger partial charge on any atom is -0.475 e. The van der Waals surface area contributed by atoms with Crippen molar-refractivity contribution in [2.75, 3.05) is 26.2 Å². The molecule has 3 aliphatic heterocycles. The molecule has 4 heterocycles. The molecular weight excluding hydrogens is 435 g/mol. The lowest BCUT2D eigenvalue weighted by molar-refractivity contribution is -0.192. The number of carbonyl (C=O) groups excluding carboxylic acids is 2. The molecule has 0 bridgehead atoms. The number of halogens is 3. The average molecular weight is 461 g/mol. The number of alkyl halides is 3. The highest BCUT2D eigenvalue weighted by molar-refractivity contribution is 5.80. The van der Waals surface area contributed by atoms with E-state index in [1.165, 1.54) is 5.06 Å². The number of nitrogens with zero attached hydrogens (tertiary/aromatic N) is 2. The summed E-state index contributed by atoms with van der Waals surface area (Å²) >= 11 is 0. The molecule has 0 radical (unpaired) electrons. The van der Waals surface area contributed by atoms with E-state index < -0.39 is 18.2 Å². The highest BCUT2D eigenvalue weighted by Gasteiger charge is 2.44. The number of hydrogen-bond donors (Lipinski definition) is 2. The van der Waals surface area contributed by atoms with E-state index in [1.807, 2.05) is 23.2 Å². The van der Waals surface area contributed by atoms with Crippen LogP contribution >= 0.6 is 0 Å². The summed E-state index contributed by atoms with van der Waals surface area (Å²) in [4.78, 5) is 44.2. The zero-order chi connectivity index (χ0) is 23.3. The Kier molecular flexibility index (Phi) is 7.77. The lowest BCUT2D eigenvalue weighted by Gasteiger charge is -2.34. The number of aromatic amines is 1. The van der Waals surface area contributed by atoms with E-state index in [0.717, 1.165) is 37.9 Å². The first kappa shape index (κ1) is 24.1. The van der Waals surface area contributed by atoms with E-state index in [2.05, 4.69) is 4.98 Å². The van der Waals surface area contributed by atoms with Gasteiger partial charge in [-0.1, -0.05) is 0 Å². The van der Waals surface area contributed by atoms with Crippen molar-refractivity contribution in [1.82, 2.24) is 14.9 Å². The summed E-state index contributed by atoms with van der Waals surface area (Å²) in [5.41, 5.74) is 1.08. The maximum Gasteiger partial charge on any atom is 0.490 e. The molecule has 0 saturated carbocycles. The molecule has 32 heavy (non-hydrogen) atoms. The van der Waals surface area contributed by atoms with Crippen molar-refractivity contribution >= 4 is 17.8 Å². The van der Waals surface area contributed by atoms with Gasteiger partial charge in [0, 0.05) is 31.4 Å². The van der Waals surface area contributed by atoms with Crippen LogP contribution in [-0.4, -0.2) is 82.5 Å². The second-order valence-corrected chi connectivity index (χ2v) is 7.91. The topological polar surface area (TPSA) is 112 Å². The molecule has 0 aliphatic carbocycles. The highest BCUT2D eigenvalue weighted by atomic mass is 19.4. The second-order valence-electron chi connectivity index (χ2n) is 7.91. The van der Waals surface area contributed by atoms with Crippen LogP contribution in [0.3, 0.4) is 0 Å². The lowest BCUT2D eigenvalue weighted by atomic mass is 9.91. The minimum absolute atomic E-state index is 0.0280. The summed E-state index contributed by atoms with van der Waals surface area (Å²) in [5, 5.41) is 8.57. The van der Waals surface area contributed by atoms with E-state index in [9.17, 15) is 22.8 Å². The fourth-order valence-electron chi connectivity index (χ4n) is 4.02. The molecular formula is C20H26F3N3O6. The molecule has 12 heteroatoms. The van der Waals surface area contributed by atoms with Gasteiger partial charge in [0.1, 0.15) is 6.10 Å². The fraction of sp³-hybridized carbons (Fsp3) is 0.650. The third-order valence-corrected chi connectivity index (χ3v) is 5.69. The van der Waals surface area contributed by atoms with E-state index in [4.69, 9.17) is 19.5 Å². The molecule has 3 aliphatic rings. The van der Waals surface area contributed by atoms with Crippen LogP contribution in [0, 0.1) is 5.92 Å². The predicted octanol–water partition coefficient (Wildman–Crippen LogP) is 1.75. The quantitative estimate of drug-likeness (QED) is 0.707. The number of hydroxylamine groups is 2. The van der Waals surface area contributed by atoms with E-state index in [-0.39, 0.29) is 17.9 Å². The number of amides is 2. The highest BCUT2D eigenvalue weighted by Crippen LogP contribution is 2.34. The minimum atomic E-state index is -5.08. The van der Waals surface area contributed by atoms with E-state index >= 15 is 0 Å². The molecule has 2 N–H and O–H groups in total. The Balaban J connectivity index is 0.000000360. The van der Waals surface area contributed by atoms with Crippen molar-refractivity contribution in [3.63, 3.8) is 0 Å². The van der Waals surface area contributed by atoms with Gasteiger partial charge < -0.3 is 19.7 Å². The first-order valence-electron chi connectivity index (χ1n) is 10.4. The van der Waals surface area contributed by atoms with Gasteiger partial charge in [-0.15, -0.1) is 0 Å². The summed E-state index contributed by atoms with van der Waals surface area (Å²) in [5.74, 6) is -2.29. The Morgan fingerprint density at radius 2 is 2.00 bits per heavy atom. The van der Waals surface area contributed by atoms with Crippen LogP contribution in [0.25, 0.3) is 0 Å². The maximum atomic E-state index is 12.5. The number of hydrogen-bond acceptors (Lipinski definition) is 5. The van der Waals surface area contributed by atoms with Crippen LogP contribution in [0.5, 0.6) is 0 Å².